The van der Waals surface area contributed by atoms with E-state index >= 15 is 0 Å². The van der Waals surface area contributed by atoms with E-state index in [0.29, 0.717) is 10.6 Å². The fraction of sp³-hybridized carbons (Fsp3) is 0.143. The van der Waals surface area contributed by atoms with Gasteiger partial charge in [-0.15, -0.1) is 0 Å². The number of rotatable bonds is 3. The number of alkyl halides is 3. The second kappa shape index (κ2) is 6.54. The molecule has 8 heteroatoms. The molecule has 0 bridgehead atoms. The summed E-state index contributed by atoms with van der Waals surface area (Å²) in [5.41, 5.74) is -0.377. The van der Waals surface area contributed by atoms with Gasteiger partial charge in [-0.3, -0.25) is 5.01 Å². The first kappa shape index (κ1) is 16.6. The van der Waals surface area contributed by atoms with Crippen molar-refractivity contribution < 1.29 is 13.2 Å². The Balaban J connectivity index is 2.34. The Morgan fingerprint density at radius 1 is 1.23 bits per heavy atom. The van der Waals surface area contributed by atoms with Gasteiger partial charge in [-0.05, 0) is 12.1 Å². The number of pyridine rings is 1. The number of anilines is 1. The fourth-order valence-corrected chi connectivity index (χ4v) is 2.02. The Kier molecular flexibility index (Phi) is 4.93. The monoisotopic (exact) mass is 347 g/mol. The van der Waals surface area contributed by atoms with Gasteiger partial charge in [-0.25, -0.2) is 4.98 Å². The first-order chi connectivity index (χ1) is 10.3. The molecule has 116 valence electrons. The molecule has 0 fully saturated rings. The summed E-state index contributed by atoms with van der Waals surface area (Å²) in [5.74, 6) is -0.347. The number of aromatic nitrogens is 1. The summed E-state index contributed by atoms with van der Waals surface area (Å²) in [7, 11) is 1.36. The second-order valence-electron chi connectivity index (χ2n) is 4.31. The van der Waals surface area contributed by atoms with Crippen LogP contribution in [-0.4, -0.2) is 18.2 Å². The molecule has 3 nitrogen and oxygen atoms in total. The van der Waals surface area contributed by atoms with Crippen LogP contribution in [0, 0.1) is 0 Å². The van der Waals surface area contributed by atoms with Crippen LogP contribution in [0.2, 0.25) is 10.0 Å². The molecule has 2 rings (SSSR count). The van der Waals surface area contributed by atoms with Crippen LogP contribution in [0.15, 0.2) is 41.6 Å². The smallest absolute Gasteiger partial charge is 0.251 e. The molecule has 0 saturated heterocycles. The van der Waals surface area contributed by atoms with Crippen LogP contribution < -0.4 is 5.01 Å². The standard InChI is InChI=1S/C14H10Cl2F3N3/c1-22(21-7-9-4-2-3-5-12(9)16)13-11(14(17,18)19)6-10(15)8-20-13/h2-8H,1H3/b21-7-. The molecule has 1 aromatic heterocycles. The largest absolute Gasteiger partial charge is 0.420 e. The van der Waals surface area contributed by atoms with Gasteiger partial charge in [0.05, 0.1) is 11.2 Å². The molecule has 0 unspecified atom stereocenters. The van der Waals surface area contributed by atoms with E-state index in [-0.39, 0.29) is 10.8 Å². The Morgan fingerprint density at radius 3 is 2.55 bits per heavy atom. The van der Waals surface area contributed by atoms with Crippen molar-refractivity contribution in [2.24, 2.45) is 5.10 Å². The van der Waals surface area contributed by atoms with Crippen molar-refractivity contribution in [2.75, 3.05) is 12.1 Å². The number of nitrogens with zero attached hydrogens (tertiary/aromatic N) is 3. The lowest BCUT2D eigenvalue weighted by atomic mass is 10.2. The van der Waals surface area contributed by atoms with E-state index in [1.165, 1.54) is 13.3 Å². The molecule has 0 aliphatic carbocycles. The summed E-state index contributed by atoms with van der Waals surface area (Å²) in [6.07, 6.45) is -2.09. The van der Waals surface area contributed by atoms with E-state index < -0.39 is 11.7 Å². The number of hydrazone groups is 1. The zero-order valence-electron chi connectivity index (χ0n) is 11.3. The molecule has 0 atom stereocenters. The van der Waals surface area contributed by atoms with Gasteiger partial charge in [0.2, 0.25) is 0 Å². The molecule has 0 spiro atoms. The Bertz CT molecular complexity index is 702. The van der Waals surface area contributed by atoms with Gasteiger partial charge in [0.15, 0.2) is 5.82 Å². The molecular formula is C14H10Cl2F3N3. The average Bonchev–Trinajstić information content (AvgIpc) is 2.45. The van der Waals surface area contributed by atoms with Crippen molar-refractivity contribution in [2.45, 2.75) is 6.18 Å². The zero-order valence-corrected chi connectivity index (χ0v) is 12.8. The molecular weight excluding hydrogens is 338 g/mol. The molecule has 22 heavy (non-hydrogen) atoms. The van der Waals surface area contributed by atoms with Crippen LogP contribution in [0.3, 0.4) is 0 Å². The van der Waals surface area contributed by atoms with Gasteiger partial charge < -0.3 is 0 Å². The first-order valence-electron chi connectivity index (χ1n) is 6.04. The predicted octanol–water partition coefficient (Wildman–Crippen LogP) is 4.88. The summed E-state index contributed by atoms with van der Waals surface area (Å²) >= 11 is 11.5. The normalized spacial score (nSPS) is 11.9. The lowest BCUT2D eigenvalue weighted by molar-refractivity contribution is -0.137. The molecule has 2 aromatic rings. The van der Waals surface area contributed by atoms with E-state index in [9.17, 15) is 13.2 Å². The molecule has 1 heterocycles. The van der Waals surface area contributed by atoms with Crippen LogP contribution in [0.25, 0.3) is 0 Å². The van der Waals surface area contributed by atoms with E-state index in [2.05, 4.69) is 10.1 Å². The molecule has 0 saturated carbocycles. The number of halogens is 5. The van der Waals surface area contributed by atoms with Gasteiger partial charge in [-0.1, -0.05) is 41.4 Å². The maximum Gasteiger partial charge on any atom is 0.420 e. The van der Waals surface area contributed by atoms with Crippen molar-refractivity contribution >= 4 is 35.2 Å². The van der Waals surface area contributed by atoms with Gasteiger partial charge in [-0.2, -0.15) is 18.3 Å². The van der Waals surface area contributed by atoms with E-state index in [1.54, 1.807) is 24.3 Å². The predicted molar refractivity (Wildman–Crippen MR) is 81.7 cm³/mol. The SMILES string of the molecule is CN(/N=C\c1ccccc1Cl)c1ncc(Cl)cc1C(F)(F)F. The first-order valence-corrected chi connectivity index (χ1v) is 6.79. The van der Waals surface area contributed by atoms with Crippen LogP contribution in [0.1, 0.15) is 11.1 Å². The van der Waals surface area contributed by atoms with Crippen molar-refractivity contribution in [1.82, 2.24) is 4.98 Å². The molecule has 0 aliphatic heterocycles. The fourth-order valence-electron chi connectivity index (χ4n) is 1.68. The highest BCUT2D eigenvalue weighted by Gasteiger charge is 2.35. The molecule has 0 amide bonds. The lowest BCUT2D eigenvalue weighted by Gasteiger charge is -2.17. The molecule has 1 aromatic carbocycles. The number of benzene rings is 1. The molecule has 0 N–H and O–H groups in total. The van der Waals surface area contributed by atoms with Gasteiger partial charge in [0.1, 0.15) is 5.56 Å². The minimum Gasteiger partial charge on any atom is -0.251 e. The van der Waals surface area contributed by atoms with Gasteiger partial charge in [0, 0.05) is 23.8 Å². The van der Waals surface area contributed by atoms with Crippen molar-refractivity contribution in [3.05, 3.63) is 57.7 Å². The molecule has 0 aliphatic rings. The third kappa shape index (κ3) is 3.90. The maximum absolute atomic E-state index is 13.0. The minimum absolute atomic E-state index is 0.0976. The summed E-state index contributed by atoms with van der Waals surface area (Å²) in [6.45, 7) is 0. The lowest BCUT2D eigenvalue weighted by Crippen LogP contribution is -2.18. The Labute approximate surface area is 135 Å². The van der Waals surface area contributed by atoms with Crippen LogP contribution in [-0.2, 0) is 6.18 Å². The van der Waals surface area contributed by atoms with E-state index in [1.807, 2.05) is 0 Å². The van der Waals surface area contributed by atoms with E-state index in [4.69, 9.17) is 23.2 Å². The highest BCUT2D eigenvalue weighted by molar-refractivity contribution is 6.33. The highest BCUT2D eigenvalue weighted by atomic mass is 35.5. The van der Waals surface area contributed by atoms with E-state index in [0.717, 1.165) is 17.3 Å². The number of hydrogen-bond donors (Lipinski definition) is 0. The highest BCUT2D eigenvalue weighted by Crippen LogP contribution is 2.36. The average molecular weight is 348 g/mol. The van der Waals surface area contributed by atoms with Crippen LogP contribution in [0.5, 0.6) is 0 Å². The quantitative estimate of drug-likeness (QED) is 0.584. The van der Waals surface area contributed by atoms with Crippen LogP contribution in [0.4, 0.5) is 19.0 Å². The Morgan fingerprint density at radius 2 is 1.91 bits per heavy atom. The second-order valence-corrected chi connectivity index (χ2v) is 5.16. The maximum atomic E-state index is 13.0. The van der Waals surface area contributed by atoms with Crippen molar-refractivity contribution in [1.29, 1.82) is 0 Å². The third-order valence-corrected chi connectivity index (χ3v) is 3.27. The summed E-state index contributed by atoms with van der Waals surface area (Å²) in [6, 6.07) is 7.65. The topological polar surface area (TPSA) is 28.5 Å². The van der Waals surface area contributed by atoms with Crippen molar-refractivity contribution in [3.8, 4) is 0 Å². The van der Waals surface area contributed by atoms with Gasteiger partial charge in [0.25, 0.3) is 0 Å². The minimum atomic E-state index is -4.58. The third-order valence-electron chi connectivity index (χ3n) is 2.72. The molecule has 0 radical (unpaired) electrons. The number of hydrogen-bond acceptors (Lipinski definition) is 3. The van der Waals surface area contributed by atoms with Gasteiger partial charge >= 0.3 is 6.18 Å². The van der Waals surface area contributed by atoms with Crippen LogP contribution >= 0.6 is 23.2 Å². The summed E-state index contributed by atoms with van der Waals surface area (Å²) in [5, 5.41) is 5.31. The van der Waals surface area contributed by atoms with Crippen molar-refractivity contribution in [3.63, 3.8) is 0 Å². The zero-order chi connectivity index (χ0) is 16.3. The summed E-state index contributed by atoms with van der Waals surface area (Å²) < 4.78 is 39.1. The Hall–Kier alpha value is -1.79. The summed E-state index contributed by atoms with van der Waals surface area (Å²) in [4.78, 5) is 3.71.